The monoisotopic (exact) mass is 131 g/mol. The van der Waals surface area contributed by atoms with Crippen molar-refractivity contribution in [3.8, 4) is 0 Å². The van der Waals surface area contributed by atoms with Crippen molar-refractivity contribution in [1.29, 1.82) is 0 Å². The summed E-state index contributed by atoms with van der Waals surface area (Å²) in [5, 5.41) is 8.28. The van der Waals surface area contributed by atoms with Crippen molar-refractivity contribution in [3.05, 3.63) is 0 Å². The molecule has 0 aliphatic heterocycles. The highest BCUT2D eigenvalue weighted by molar-refractivity contribution is 5.67. The van der Waals surface area contributed by atoms with Crippen molar-refractivity contribution < 1.29 is 9.90 Å². The van der Waals surface area contributed by atoms with E-state index in [2.05, 4.69) is 0 Å². The third-order valence-corrected chi connectivity index (χ3v) is 1.39. The van der Waals surface area contributed by atoms with Gasteiger partial charge < -0.3 is 10.8 Å². The van der Waals surface area contributed by atoms with Crippen LogP contribution in [0, 0.1) is 5.92 Å². The summed E-state index contributed by atoms with van der Waals surface area (Å²) >= 11 is 0. The van der Waals surface area contributed by atoms with Crippen LogP contribution in [0.3, 0.4) is 0 Å². The van der Waals surface area contributed by atoms with Crippen molar-refractivity contribution in [2.24, 2.45) is 11.7 Å². The SMILES string of the molecule is C[C@H](N)[C@H](C)CC(=O)O. The molecule has 54 valence electrons. The summed E-state index contributed by atoms with van der Waals surface area (Å²) in [6, 6.07) is -0.0268. The average molecular weight is 131 g/mol. The Kier molecular flexibility index (Phi) is 3.24. The Hall–Kier alpha value is -0.570. The zero-order chi connectivity index (χ0) is 7.44. The first-order chi connectivity index (χ1) is 4.04. The van der Waals surface area contributed by atoms with E-state index in [4.69, 9.17) is 10.8 Å². The number of hydrogen-bond donors (Lipinski definition) is 2. The molecule has 0 unspecified atom stereocenters. The van der Waals surface area contributed by atoms with E-state index in [0.29, 0.717) is 0 Å². The molecule has 0 saturated heterocycles. The maximum Gasteiger partial charge on any atom is 0.303 e. The average Bonchev–Trinajstić information content (AvgIpc) is 1.63. The Morgan fingerprint density at radius 1 is 1.67 bits per heavy atom. The normalized spacial score (nSPS) is 16.8. The highest BCUT2D eigenvalue weighted by atomic mass is 16.4. The van der Waals surface area contributed by atoms with Crippen LogP contribution in [-0.4, -0.2) is 17.1 Å². The Labute approximate surface area is 54.9 Å². The number of carboxylic acids is 1. The van der Waals surface area contributed by atoms with Crippen LogP contribution in [0.25, 0.3) is 0 Å². The van der Waals surface area contributed by atoms with Crippen molar-refractivity contribution in [2.75, 3.05) is 0 Å². The molecule has 3 heteroatoms. The lowest BCUT2D eigenvalue weighted by Gasteiger charge is -2.11. The fraction of sp³-hybridized carbons (Fsp3) is 0.833. The molecule has 3 nitrogen and oxygen atoms in total. The smallest absolute Gasteiger partial charge is 0.303 e. The molecule has 2 atom stereocenters. The fourth-order valence-corrected chi connectivity index (χ4v) is 0.461. The molecule has 9 heavy (non-hydrogen) atoms. The van der Waals surface area contributed by atoms with Crippen LogP contribution in [0.2, 0.25) is 0 Å². The number of aliphatic carboxylic acids is 1. The van der Waals surface area contributed by atoms with E-state index < -0.39 is 5.97 Å². The van der Waals surface area contributed by atoms with Gasteiger partial charge in [0.05, 0.1) is 0 Å². The van der Waals surface area contributed by atoms with Gasteiger partial charge in [-0.2, -0.15) is 0 Å². The first-order valence-corrected chi connectivity index (χ1v) is 3.01. The fourth-order valence-electron chi connectivity index (χ4n) is 0.461. The van der Waals surface area contributed by atoms with Crippen LogP contribution in [0.4, 0.5) is 0 Å². The quantitative estimate of drug-likeness (QED) is 0.584. The molecule has 0 amide bonds. The third kappa shape index (κ3) is 3.97. The molecule has 0 saturated carbocycles. The molecule has 0 aromatic rings. The first-order valence-electron chi connectivity index (χ1n) is 3.01. The minimum Gasteiger partial charge on any atom is -0.481 e. The van der Waals surface area contributed by atoms with Crippen LogP contribution in [-0.2, 0) is 4.79 Å². The van der Waals surface area contributed by atoms with Gasteiger partial charge in [0, 0.05) is 12.5 Å². The lowest BCUT2D eigenvalue weighted by molar-refractivity contribution is -0.138. The molecule has 0 aliphatic rings. The van der Waals surface area contributed by atoms with Crippen molar-refractivity contribution in [1.82, 2.24) is 0 Å². The van der Waals surface area contributed by atoms with E-state index in [1.165, 1.54) is 0 Å². The maximum absolute atomic E-state index is 10.1. The summed E-state index contributed by atoms with van der Waals surface area (Å²) in [5.74, 6) is -0.706. The van der Waals surface area contributed by atoms with Gasteiger partial charge in [-0.3, -0.25) is 4.79 Å². The van der Waals surface area contributed by atoms with Crippen LogP contribution >= 0.6 is 0 Å². The molecule has 0 aromatic carbocycles. The molecule has 3 N–H and O–H groups in total. The van der Waals surface area contributed by atoms with Gasteiger partial charge in [-0.15, -0.1) is 0 Å². The molecule has 0 radical (unpaired) electrons. The predicted molar refractivity (Wildman–Crippen MR) is 35.1 cm³/mol. The van der Waals surface area contributed by atoms with E-state index in [1.54, 1.807) is 0 Å². The zero-order valence-electron chi connectivity index (χ0n) is 5.79. The van der Waals surface area contributed by atoms with Gasteiger partial charge in [0.1, 0.15) is 0 Å². The van der Waals surface area contributed by atoms with Gasteiger partial charge in [0.2, 0.25) is 0 Å². The van der Waals surface area contributed by atoms with Crippen molar-refractivity contribution in [3.63, 3.8) is 0 Å². The van der Waals surface area contributed by atoms with Gasteiger partial charge in [0.15, 0.2) is 0 Å². The van der Waals surface area contributed by atoms with Gasteiger partial charge >= 0.3 is 5.97 Å². The number of carboxylic acid groups (broad SMARTS) is 1. The van der Waals surface area contributed by atoms with Crippen molar-refractivity contribution in [2.45, 2.75) is 26.3 Å². The highest BCUT2D eigenvalue weighted by Gasteiger charge is 2.10. The van der Waals surface area contributed by atoms with E-state index in [-0.39, 0.29) is 18.4 Å². The summed E-state index contributed by atoms with van der Waals surface area (Å²) < 4.78 is 0. The summed E-state index contributed by atoms with van der Waals surface area (Å²) in [4.78, 5) is 10.1. The first kappa shape index (κ1) is 8.43. The Morgan fingerprint density at radius 2 is 2.11 bits per heavy atom. The minimum absolute atomic E-state index is 0.0268. The van der Waals surface area contributed by atoms with E-state index >= 15 is 0 Å². The largest absolute Gasteiger partial charge is 0.481 e. The zero-order valence-corrected chi connectivity index (χ0v) is 5.79. The highest BCUT2D eigenvalue weighted by Crippen LogP contribution is 2.04. The molecule has 0 bridgehead atoms. The molecular formula is C6H13NO2. The van der Waals surface area contributed by atoms with Crippen molar-refractivity contribution >= 4 is 5.97 Å². The second kappa shape index (κ2) is 3.45. The number of nitrogens with two attached hydrogens (primary N) is 1. The molecule has 0 aliphatic carbocycles. The molecule has 0 fully saturated rings. The second-order valence-corrected chi connectivity index (χ2v) is 2.43. The number of carbonyl (C=O) groups is 1. The van der Waals surface area contributed by atoms with Crippen LogP contribution in [0.15, 0.2) is 0 Å². The lowest BCUT2D eigenvalue weighted by atomic mass is 10.0. The second-order valence-electron chi connectivity index (χ2n) is 2.43. The topological polar surface area (TPSA) is 63.3 Å². The molecular weight excluding hydrogens is 118 g/mol. The Balaban J connectivity index is 3.50. The van der Waals surface area contributed by atoms with E-state index in [9.17, 15) is 4.79 Å². The van der Waals surface area contributed by atoms with Crippen LogP contribution < -0.4 is 5.73 Å². The Bertz CT molecular complexity index is 101. The lowest BCUT2D eigenvalue weighted by Crippen LogP contribution is -2.26. The van der Waals surface area contributed by atoms with Gasteiger partial charge in [-0.25, -0.2) is 0 Å². The van der Waals surface area contributed by atoms with Gasteiger partial charge in [-0.05, 0) is 12.8 Å². The Morgan fingerprint density at radius 3 is 2.22 bits per heavy atom. The van der Waals surface area contributed by atoms with Crippen LogP contribution in [0.1, 0.15) is 20.3 Å². The number of hydrogen-bond acceptors (Lipinski definition) is 2. The van der Waals surface area contributed by atoms with E-state index in [1.807, 2.05) is 13.8 Å². The van der Waals surface area contributed by atoms with Crippen LogP contribution in [0.5, 0.6) is 0 Å². The summed E-state index contributed by atoms with van der Waals surface area (Å²) in [6.45, 7) is 3.65. The minimum atomic E-state index is -0.778. The summed E-state index contributed by atoms with van der Waals surface area (Å²) in [5.41, 5.74) is 5.42. The molecule has 0 heterocycles. The maximum atomic E-state index is 10.1. The number of rotatable bonds is 3. The third-order valence-electron chi connectivity index (χ3n) is 1.39. The standard InChI is InChI=1S/C6H13NO2/c1-4(5(2)7)3-6(8)9/h4-5H,3,7H2,1-2H3,(H,8,9)/t4-,5+/m1/s1. The van der Waals surface area contributed by atoms with Gasteiger partial charge in [0.25, 0.3) is 0 Å². The molecule has 0 rings (SSSR count). The van der Waals surface area contributed by atoms with E-state index in [0.717, 1.165) is 0 Å². The summed E-state index contributed by atoms with van der Waals surface area (Å²) in [6.07, 6.45) is 0.164. The summed E-state index contributed by atoms with van der Waals surface area (Å²) in [7, 11) is 0. The van der Waals surface area contributed by atoms with Gasteiger partial charge in [-0.1, -0.05) is 6.92 Å². The molecule has 0 spiro atoms. The molecule has 0 aromatic heterocycles. The predicted octanol–water partition coefficient (Wildman–Crippen LogP) is 0.444.